The predicted octanol–water partition coefficient (Wildman–Crippen LogP) is 5.41. The molecule has 0 amide bonds. The van der Waals surface area contributed by atoms with Crippen LogP contribution in [0.3, 0.4) is 0 Å². The van der Waals surface area contributed by atoms with Crippen molar-refractivity contribution < 1.29 is 0 Å². The molecule has 0 fully saturated rings. The van der Waals surface area contributed by atoms with Crippen molar-refractivity contribution in [3.05, 3.63) is 25.3 Å². The Hall–Kier alpha value is -0.303. The Morgan fingerprint density at radius 3 is 1.13 bits per heavy atom. The van der Waals surface area contributed by atoms with Crippen LogP contribution in [0.5, 0.6) is 0 Å². The van der Waals surface area contributed by atoms with Gasteiger partial charge in [-0.3, -0.25) is 0 Å². The predicted molar refractivity (Wildman–Crippen MR) is 75.2 cm³/mol. The topological polar surface area (TPSA) is 0 Å². The smallest absolute Gasteiger partial charge is 0.0718 e. The van der Waals surface area contributed by atoms with Gasteiger partial charge in [-0.25, -0.2) is 0 Å². The molecule has 1 heteroatoms. The molecule has 0 aliphatic carbocycles. The van der Waals surface area contributed by atoms with Crippen LogP contribution in [-0.2, 0) is 0 Å². The van der Waals surface area contributed by atoms with Gasteiger partial charge in [0.25, 0.3) is 0 Å². The minimum atomic E-state index is -1.39. The Kier molecular flexibility index (Phi) is 5.58. The summed E-state index contributed by atoms with van der Waals surface area (Å²) in [5, 5.41) is 0. The van der Waals surface area contributed by atoms with Crippen molar-refractivity contribution in [2.24, 2.45) is 0 Å². The molecule has 0 aromatic heterocycles. The van der Waals surface area contributed by atoms with Crippen LogP contribution in [-0.4, -0.2) is 8.07 Å². The Labute approximate surface area is 97.5 Å². The highest BCUT2D eigenvalue weighted by atomic mass is 28.3. The van der Waals surface area contributed by atoms with Gasteiger partial charge in [0.2, 0.25) is 0 Å². The lowest BCUT2D eigenvalue weighted by Gasteiger charge is -2.47. The fraction of sp³-hybridized carbons (Fsp3) is 0.714. The minimum absolute atomic E-state index is 0.658. The van der Waals surface area contributed by atoms with Gasteiger partial charge in [0.1, 0.15) is 0 Å². The van der Waals surface area contributed by atoms with Crippen molar-refractivity contribution in [2.45, 2.75) is 63.7 Å². The van der Waals surface area contributed by atoms with E-state index in [4.69, 9.17) is 0 Å². The first-order chi connectivity index (χ1) is 6.85. The molecule has 88 valence electrons. The van der Waals surface area contributed by atoms with Crippen molar-refractivity contribution in [3.8, 4) is 0 Å². The molecule has 0 spiro atoms. The molecule has 2 unspecified atom stereocenters. The van der Waals surface area contributed by atoms with Crippen LogP contribution < -0.4 is 0 Å². The van der Waals surface area contributed by atoms with E-state index >= 15 is 0 Å². The summed E-state index contributed by atoms with van der Waals surface area (Å²) >= 11 is 0. The molecule has 0 N–H and O–H groups in total. The molecule has 0 aromatic rings. The van der Waals surface area contributed by atoms with Crippen LogP contribution in [0, 0.1) is 0 Å². The van der Waals surface area contributed by atoms with E-state index in [0.29, 0.717) is 11.1 Å². The van der Waals surface area contributed by atoms with Crippen LogP contribution in [0.25, 0.3) is 0 Å². The van der Waals surface area contributed by atoms with Gasteiger partial charge in [0.15, 0.2) is 0 Å². The van der Waals surface area contributed by atoms with Gasteiger partial charge < -0.3 is 0 Å². The largest absolute Gasteiger partial charge is 0.103 e. The molecule has 0 aliphatic heterocycles. The number of hydrogen-bond acceptors (Lipinski definition) is 0. The van der Waals surface area contributed by atoms with E-state index in [1.54, 1.807) is 0 Å². The van der Waals surface area contributed by atoms with E-state index in [-0.39, 0.29) is 0 Å². The molecular weight excluding hydrogens is 196 g/mol. The van der Waals surface area contributed by atoms with Gasteiger partial charge in [0, 0.05) is 0 Å². The molecule has 0 radical (unpaired) electrons. The standard InChI is InChI=1S/C14H28Si/c1-9-13(7)15(11(3)4,12(5)6)14(8)10-2/h9-14H,1-2H2,3-8H3. The van der Waals surface area contributed by atoms with Crippen LogP contribution in [0.4, 0.5) is 0 Å². The zero-order valence-electron chi connectivity index (χ0n) is 11.4. The summed E-state index contributed by atoms with van der Waals surface area (Å²) in [6.07, 6.45) is 4.32. The minimum Gasteiger partial charge on any atom is -0.103 e. The Bertz CT molecular complexity index is 191. The van der Waals surface area contributed by atoms with E-state index in [1.165, 1.54) is 0 Å². The number of rotatable bonds is 6. The van der Waals surface area contributed by atoms with Gasteiger partial charge in [-0.2, -0.15) is 0 Å². The zero-order chi connectivity index (χ0) is 12.2. The Balaban J connectivity index is 5.45. The molecule has 0 heterocycles. The highest BCUT2D eigenvalue weighted by Gasteiger charge is 2.46. The molecule has 0 nitrogen and oxygen atoms in total. The summed E-state index contributed by atoms with van der Waals surface area (Å²) in [7, 11) is -1.39. The van der Waals surface area contributed by atoms with E-state index in [9.17, 15) is 0 Å². The third-order valence-corrected chi connectivity index (χ3v) is 11.9. The summed E-state index contributed by atoms with van der Waals surface area (Å²) in [4.78, 5) is 0. The van der Waals surface area contributed by atoms with Crippen molar-refractivity contribution in [1.29, 1.82) is 0 Å². The fourth-order valence-electron chi connectivity index (χ4n) is 3.59. The van der Waals surface area contributed by atoms with Crippen LogP contribution in [0.2, 0.25) is 22.2 Å². The average Bonchev–Trinajstić information content (AvgIpc) is 2.16. The third kappa shape index (κ3) is 2.44. The number of allylic oxidation sites excluding steroid dienone is 2. The number of hydrogen-bond donors (Lipinski definition) is 0. The second-order valence-corrected chi connectivity index (χ2v) is 11.5. The van der Waals surface area contributed by atoms with Crippen LogP contribution in [0.1, 0.15) is 41.5 Å². The highest BCUT2D eigenvalue weighted by Crippen LogP contribution is 2.49. The summed E-state index contributed by atoms with van der Waals surface area (Å²) in [6.45, 7) is 22.2. The fourth-order valence-corrected chi connectivity index (χ4v) is 10.8. The van der Waals surface area contributed by atoms with Crippen molar-refractivity contribution in [2.75, 3.05) is 0 Å². The first-order valence-corrected chi connectivity index (χ1v) is 8.41. The summed E-state index contributed by atoms with van der Waals surface area (Å²) < 4.78 is 0. The average molecular weight is 224 g/mol. The lowest BCUT2D eigenvalue weighted by atomic mass is 10.4. The lowest BCUT2D eigenvalue weighted by Crippen LogP contribution is -2.47. The maximum Gasteiger partial charge on any atom is 0.0718 e. The molecular formula is C14H28Si. The molecule has 2 atom stereocenters. The summed E-state index contributed by atoms with van der Waals surface area (Å²) in [6, 6.07) is 0. The summed E-state index contributed by atoms with van der Waals surface area (Å²) in [5.41, 5.74) is 2.87. The van der Waals surface area contributed by atoms with E-state index in [0.717, 1.165) is 11.1 Å². The maximum absolute atomic E-state index is 4.01. The van der Waals surface area contributed by atoms with Gasteiger partial charge in [0.05, 0.1) is 8.07 Å². The third-order valence-electron chi connectivity index (χ3n) is 4.28. The van der Waals surface area contributed by atoms with Gasteiger partial charge in [-0.15, -0.1) is 13.2 Å². The molecule has 0 rings (SSSR count). The van der Waals surface area contributed by atoms with Crippen LogP contribution >= 0.6 is 0 Å². The van der Waals surface area contributed by atoms with Crippen molar-refractivity contribution in [3.63, 3.8) is 0 Å². The second kappa shape index (κ2) is 5.69. The molecule has 0 aromatic carbocycles. The van der Waals surface area contributed by atoms with Gasteiger partial charge in [-0.05, 0) is 22.2 Å². The molecule has 0 saturated carbocycles. The van der Waals surface area contributed by atoms with Gasteiger partial charge in [-0.1, -0.05) is 53.7 Å². The van der Waals surface area contributed by atoms with Crippen molar-refractivity contribution >= 4 is 8.07 Å². The molecule has 0 aliphatic rings. The van der Waals surface area contributed by atoms with Crippen LogP contribution in [0.15, 0.2) is 25.3 Å². The maximum atomic E-state index is 4.01. The van der Waals surface area contributed by atoms with Crippen molar-refractivity contribution in [1.82, 2.24) is 0 Å². The first kappa shape index (κ1) is 14.7. The highest BCUT2D eigenvalue weighted by molar-refractivity contribution is 6.85. The lowest BCUT2D eigenvalue weighted by molar-refractivity contribution is 0.799. The molecule has 0 bridgehead atoms. The Morgan fingerprint density at radius 2 is 1.00 bits per heavy atom. The Morgan fingerprint density at radius 1 is 0.733 bits per heavy atom. The normalized spacial score (nSPS) is 16.5. The molecule has 15 heavy (non-hydrogen) atoms. The quantitative estimate of drug-likeness (QED) is 0.418. The van der Waals surface area contributed by atoms with Gasteiger partial charge >= 0.3 is 0 Å². The SMILES string of the molecule is C=CC(C)[Si](C(C)C)(C(C)C)C(C)C=C. The van der Waals surface area contributed by atoms with E-state index in [2.05, 4.69) is 66.9 Å². The monoisotopic (exact) mass is 224 g/mol. The first-order valence-electron chi connectivity index (χ1n) is 6.10. The molecule has 0 saturated heterocycles. The van der Waals surface area contributed by atoms with E-state index in [1.807, 2.05) is 0 Å². The van der Waals surface area contributed by atoms with E-state index < -0.39 is 8.07 Å². The second-order valence-electron chi connectivity index (χ2n) is 5.36. The zero-order valence-corrected chi connectivity index (χ0v) is 12.4. The summed E-state index contributed by atoms with van der Waals surface area (Å²) in [5.74, 6) is 0.